The highest BCUT2D eigenvalue weighted by molar-refractivity contribution is 7.81. The van der Waals surface area contributed by atoms with Gasteiger partial charge in [-0.3, -0.25) is 14.7 Å². The molecule has 15 heavy (non-hydrogen) atoms. The fourth-order valence-corrected chi connectivity index (χ4v) is 1.80. The van der Waals surface area contributed by atoms with E-state index in [0.29, 0.717) is 24.7 Å². The highest BCUT2D eigenvalue weighted by atomic mass is 32.1. The van der Waals surface area contributed by atoms with Crippen LogP contribution < -0.4 is 9.64 Å². The summed E-state index contributed by atoms with van der Waals surface area (Å²) in [4.78, 5) is 21.2. The average molecular weight is 225 g/mol. The maximum atomic E-state index is 11.6. The average Bonchev–Trinajstić information content (AvgIpc) is 2.58. The lowest BCUT2D eigenvalue weighted by Crippen LogP contribution is -2.25. The van der Waals surface area contributed by atoms with Crippen LogP contribution in [0.4, 0.5) is 5.82 Å². The van der Waals surface area contributed by atoms with Crippen LogP contribution in [0.15, 0.2) is 12.4 Å². The lowest BCUT2D eigenvalue weighted by Gasteiger charge is -2.14. The molecule has 5 nitrogen and oxygen atoms in total. The van der Waals surface area contributed by atoms with Gasteiger partial charge in [-0.25, -0.2) is 0 Å². The summed E-state index contributed by atoms with van der Waals surface area (Å²) in [6, 6.07) is 0. The number of amides is 1. The minimum atomic E-state index is 0.0255. The summed E-state index contributed by atoms with van der Waals surface area (Å²) in [5.74, 6) is 0.955. The monoisotopic (exact) mass is 225 g/mol. The van der Waals surface area contributed by atoms with Crippen molar-refractivity contribution in [3.63, 3.8) is 0 Å². The maximum Gasteiger partial charge on any atom is 0.234 e. The van der Waals surface area contributed by atoms with E-state index in [2.05, 4.69) is 22.6 Å². The molecular formula is C9H11N3O2S. The van der Waals surface area contributed by atoms with E-state index in [1.165, 1.54) is 13.3 Å². The number of methoxy groups -OCH3 is 1. The Kier molecular flexibility index (Phi) is 2.77. The third-order valence-electron chi connectivity index (χ3n) is 2.19. The quantitative estimate of drug-likeness (QED) is 0.746. The predicted octanol–water partition coefficient (Wildman–Crippen LogP) is 0.520. The van der Waals surface area contributed by atoms with Gasteiger partial charge in [-0.2, -0.15) is 17.6 Å². The zero-order valence-corrected chi connectivity index (χ0v) is 9.15. The number of rotatable bonds is 2. The summed E-state index contributed by atoms with van der Waals surface area (Å²) in [5.41, 5.74) is 0. The van der Waals surface area contributed by atoms with Crippen molar-refractivity contribution in [3.05, 3.63) is 12.4 Å². The molecule has 1 amide bonds. The van der Waals surface area contributed by atoms with Crippen LogP contribution in [0.1, 0.15) is 6.42 Å². The van der Waals surface area contributed by atoms with Crippen molar-refractivity contribution in [2.75, 3.05) is 18.6 Å². The van der Waals surface area contributed by atoms with Crippen molar-refractivity contribution in [3.8, 4) is 5.88 Å². The Bertz CT molecular complexity index is 385. The van der Waals surface area contributed by atoms with Gasteiger partial charge in [-0.1, -0.05) is 0 Å². The molecule has 2 rings (SSSR count). The highest BCUT2D eigenvalue weighted by Gasteiger charge is 2.29. The molecular weight excluding hydrogens is 214 g/mol. The Morgan fingerprint density at radius 2 is 2.40 bits per heavy atom. The first-order chi connectivity index (χ1) is 7.20. The molecule has 0 spiro atoms. The molecule has 1 fully saturated rings. The predicted molar refractivity (Wildman–Crippen MR) is 58.3 cm³/mol. The number of aromatic nitrogens is 2. The second-order valence-corrected chi connectivity index (χ2v) is 4.01. The topological polar surface area (TPSA) is 55.3 Å². The summed E-state index contributed by atoms with van der Waals surface area (Å²) in [6.07, 6.45) is 3.50. The number of thiol groups is 1. The van der Waals surface area contributed by atoms with Gasteiger partial charge in [0.05, 0.1) is 19.5 Å². The van der Waals surface area contributed by atoms with Crippen LogP contribution in [0.2, 0.25) is 0 Å². The molecule has 0 N–H and O–H groups in total. The van der Waals surface area contributed by atoms with Gasteiger partial charge in [0.1, 0.15) is 0 Å². The van der Waals surface area contributed by atoms with Crippen molar-refractivity contribution in [1.29, 1.82) is 0 Å². The van der Waals surface area contributed by atoms with Crippen LogP contribution in [0.3, 0.4) is 0 Å². The molecule has 0 aliphatic carbocycles. The summed E-state index contributed by atoms with van der Waals surface area (Å²) in [6.45, 7) is 0.573. The van der Waals surface area contributed by atoms with E-state index in [0.717, 1.165) is 0 Å². The Morgan fingerprint density at radius 3 is 3.00 bits per heavy atom. The molecule has 1 aliphatic rings. The third-order valence-corrected chi connectivity index (χ3v) is 2.54. The fraction of sp³-hybridized carbons (Fsp3) is 0.444. The Hall–Kier alpha value is -1.30. The Labute approximate surface area is 92.9 Å². The van der Waals surface area contributed by atoms with Gasteiger partial charge in [0, 0.05) is 18.2 Å². The van der Waals surface area contributed by atoms with Crippen LogP contribution in [-0.2, 0) is 4.79 Å². The summed E-state index contributed by atoms with van der Waals surface area (Å²) in [5, 5.41) is 0.0745. The molecule has 80 valence electrons. The largest absolute Gasteiger partial charge is 0.480 e. The van der Waals surface area contributed by atoms with Crippen LogP contribution >= 0.6 is 12.6 Å². The molecule has 1 saturated heterocycles. The summed E-state index contributed by atoms with van der Waals surface area (Å²) >= 11 is 4.27. The smallest absolute Gasteiger partial charge is 0.234 e. The minimum absolute atomic E-state index is 0.0255. The lowest BCUT2D eigenvalue weighted by atomic mass is 10.4. The molecule has 1 aliphatic heterocycles. The first-order valence-electron chi connectivity index (χ1n) is 4.55. The van der Waals surface area contributed by atoms with E-state index < -0.39 is 0 Å². The van der Waals surface area contributed by atoms with Crippen molar-refractivity contribution in [1.82, 2.24) is 9.97 Å². The lowest BCUT2D eigenvalue weighted by molar-refractivity contribution is -0.117. The zero-order chi connectivity index (χ0) is 10.8. The number of nitrogens with zero attached hydrogens (tertiary/aromatic N) is 3. The van der Waals surface area contributed by atoms with Gasteiger partial charge >= 0.3 is 0 Å². The third kappa shape index (κ3) is 2.04. The van der Waals surface area contributed by atoms with Crippen LogP contribution in [0, 0.1) is 0 Å². The first-order valence-corrected chi connectivity index (χ1v) is 5.07. The molecule has 1 atom stereocenters. The minimum Gasteiger partial charge on any atom is -0.480 e. The van der Waals surface area contributed by atoms with Gasteiger partial charge in [0.15, 0.2) is 5.82 Å². The van der Waals surface area contributed by atoms with Crippen LogP contribution in [0.5, 0.6) is 5.88 Å². The van der Waals surface area contributed by atoms with Crippen LogP contribution in [0.25, 0.3) is 0 Å². The zero-order valence-electron chi connectivity index (χ0n) is 8.25. The number of anilines is 1. The molecule has 6 heteroatoms. The van der Waals surface area contributed by atoms with Crippen molar-refractivity contribution in [2.45, 2.75) is 11.7 Å². The van der Waals surface area contributed by atoms with E-state index in [4.69, 9.17) is 4.74 Å². The molecule has 0 radical (unpaired) electrons. The normalized spacial score (nSPS) is 20.8. The van der Waals surface area contributed by atoms with Crippen molar-refractivity contribution >= 4 is 24.4 Å². The van der Waals surface area contributed by atoms with Gasteiger partial charge < -0.3 is 4.74 Å². The SMILES string of the molecule is COc1cncc(N2CC(S)CC2=O)n1. The van der Waals surface area contributed by atoms with Gasteiger partial charge in [0.2, 0.25) is 11.8 Å². The van der Waals surface area contributed by atoms with Gasteiger partial charge in [-0.05, 0) is 0 Å². The number of ether oxygens (including phenoxy) is 1. The molecule has 1 aromatic heterocycles. The second kappa shape index (κ2) is 4.06. The maximum absolute atomic E-state index is 11.6. The van der Waals surface area contributed by atoms with E-state index in [1.807, 2.05) is 0 Å². The number of hydrogen-bond donors (Lipinski definition) is 1. The van der Waals surface area contributed by atoms with Gasteiger partial charge in [-0.15, -0.1) is 0 Å². The Balaban J connectivity index is 2.25. The molecule has 1 unspecified atom stereocenters. The fourth-order valence-electron chi connectivity index (χ4n) is 1.48. The van der Waals surface area contributed by atoms with Crippen molar-refractivity contribution < 1.29 is 9.53 Å². The highest BCUT2D eigenvalue weighted by Crippen LogP contribution is 2.22. The van der Waals surface area contributed by atoms with E-state index >= 15 is 0 Å². The molecule has 1 aromatic rings. The second-order valence-electron chi connectivity index (χ2n) is 3.28. The van der Waals surface area contributed by atoms with E-state index in [-0.39, 0.29) is 11.2 Å². The molecule has 2 heterocycles. The molecule has 0 saturated carbocycles. The Morgan fingerprint density at radius 1 is 1.60 bits per heavy atom. The number of carbonyl (C=O) groups is 1. The summed E-state index contributed by atoms with van der Waals surface area (Å²) < 4.78 is 4.95. The van der Waals surface area contributed by atoms with E-state index in [9.17, 15) is 4.79 Å². The first kappa shape index (κ1) is 10.2. The van der Waals surface area contributed by atoms with Gasteiger partial charge in [0.25, 0.3) is 0 Å². The number of hydrogen-bond acceptors (Lipinski definition) is 5. The number of carbonyl (C=O) groups excluding carboxylic acids is 1. The van der Waals surface area contributed by atoms with Crippen LogP contribution in [-0.4, -0.2) is 34.8 Å². The van der Waals surface area contributed by atoms with Crippen molar-refractivity contribution in [2.24, 2.45) is 0 Å². The standard InChI is InChI=1S/C9H11N3O2S/c1-14-8-4-10-3-7(11-8)12-5-6(15)2-9(12)13/h3-4,6,15H,2,5H2,1H3. The van der Waals surface area contributed by atoms with E-state index in [1.54, 1.807) is 11.1 Å². The molecule has 0 aromatic carbocycles. The molecule has 0 bridgehead atoms. The summed E-state index contributed by atoms with van der Waals surface area (Å²) in [7, 11) is 1.51.